The number of hydrogen-bond acceptors (Lipinski definition) is 5. The quantitative estimate of drug-likeness (QED) is 0.518. The molecule has 6 nitrogen and oxygen atoms in total. The van der Waals surface area contributed by atoms with Crippen LogP contribution in [-0.2, 0) is 23.9 Å². The Morgan fingerprint density at radius 3 is 1.71 bits per heavy atom. The SMILES string of the molecule is C=CC(=O)OC(C)C(CCC)(C(=O)O)C(C)OC(=O)C=C. The van der Waals surface area contributed by atoms with E-state index in [1.165, 1.54) is 13.8 Å². The summed E-state index contributed by atoms with van der Waals surface area (Å²) in [5.74, 6) is -2.66. The standard InChI is InChI=1S/C15H22O6/c1-6-9-15(14(18)19,10(4)20-12(16)7-2)11(5)21-13(17)8-3/h7-8,10-11H,2-3,6,9H2,1,4-5H3,(H,18,19). The molecule has 0 aromatic heterocycles. The van der Waals surface area contributed by atoms with Gasteiger partial charge in [0.25, 0.3) is 0 Å². The molecular weight excluding hydrogens is 276 g/mol. The molecule has 2 unspecified atom stereocenters. The Morgan fingerprint density at radius 1 is 1.10 bits per heavy atom. The molecule has 0 aliphatic heterocycles. The number of carbonyl (C=O) groups is 3. The molecule has 6 heteroatoms. The van der Waals surface area contributed by atoms with E-state index in [9.17, 15) is 19.5 Å². The number of aliphatic carboxylic acids is 1. The maximum Gasteiger partial charge on any atom is 0.330 e. The van der Waals surface area contributed by atoms with E-state index in [-0.39, 0.29) is 6.42 Å². The topological polar surface area (TPSA) is 89.9 Å². The van der Waals surface area contributed by atoms with Crippen molar-refractivity contribution >= 4 is 17.9 Å². The molecule has 0 aliphatic rings. The number of esters is 2. The van der Waals surface area contributed by atoms with Gasteiger partial charge in [-0.05, 0) is 20.3 Å². The van der Waals surface area contributed by atoms with Crippen molar-refractivity contribution in [1.29, 1.82) is 0 Å². The molecule has 0 heterocycles. The molecular formula is C15H22O6. The minimum atomic E-state index is -1.54. The van der Waals surface area contributed by atoms with Crippen LogP contribution in [0.25, 0.3) is 0 Å². The van der Waals surface area contributed by atoms with Crippen molar-refractivity contribution in [3.63, 3.8) is 0 Å². The van der Waals surface area contributed by atoms with Crippen molar-refractivity contribution < 1.29 is 29.0 Å². The molecule has 0 saturated carbocycles. The van der Waals surface area contributed by atoms with Gasteiger partial charge in [-0.1, -0.05) is 26.5 Å². The highest BCUT2D eigenvalue weighted by Crippen LogP contribution is 2.37. The van der Waals surface area contributed by atoms with E-state index in [0.717, 1.165) is 12.2 Å². The van der Waals surface area contributed by atoms with E-state index in [2.05, 4.69) is 13.2 Å². The highest BCUT2D eigenvalue weighted by Gasteiger charge is 2.51. The number of hydrogen-bond donors (Lipinski definition) is 1. The van der Waals surface area contributed by atoms with Crippen LogP contribution in [-0.4, -0.2) is 35.2 Å². The lowest BCUT2D eigenvalue weighted by Gasteiger charge is -2.38. The Labute approximate surface area is 124 Å². The predicted octanol–water partition coefficient (Wildman–Crippen LogP) is 2.09. The molecule has 0 aromatic rings. The lowest BCUT2D eigenvalue weighted by Crippen LogP contribution is -2.52. The normalized spacial score (nSPS) is 16.0. The molecule has 0 spiro atoms. The van der Waals surface area contributed by atoms with Crippen LogP contribution in [0.1, 0.15) is 33.6 Å². The molecule has 21 heavy (non-hydrogen) atoms. The molecule has 118 valence electrons. The number of carboxylic acids is 1. The van der Waals surface area contributed by atoms with Crippen LogP contribution in [0, 0.1) is 5.41 Å². The summed E-state index contributed by atoms with van der Waals surface area (Å²) in [5.41, 5.74) is -1.54. The van der Waals surface area contributed by atoms with Crippen molar-refractivity contribution in [2.45, 2.75) is 45.8 Å². The summed E-state index contributed by atoms with van der Waals surface area (Å²) < 4.78 is 10.1. The number of rotatable bonds is 9. The zero-order chi connectivity index (χ0) is 16.6. The van der Waals surface area contributed by atoms with Gasteiger partial charge in [0.15, 0.2) is 0 Å². The summed E-state index contributed by atoms with van der Waals surface area (Å²) in [6.07, 6.45) is 0.615. The van der Waals surface area contributed by atoms with Gasteiger partial charge in [-0.3, -0.25) is 4.79 Å². The molecule has 0 aromatic carbocycles. The summed E-state index contributed by atoms with van der Waals surface area (Å²) >= 11 is 0. The van der Waals surface area contributed by atoms with E-state index in [1.807, 2.05) is 0 Å². The van der Waals surface area contributed by atoms with Crippen LogP contribution in [0.4, 0.5) is 0 Å². The van der Waals surface area contributed by atoms with Crippen molar-refractivity contribution in [3.8, 4) is 0 Å². The van der Waals surface area contributed by atoms with Gasteiger partial charge in [-0.2, -0.15) is 0 Å². The molecule has 0 amide bonds. The van der Waals surface area contributed by atoms with Crippen molar-refractivity contribution in [3.05, 3.63) is 25.3 Å². The fourth-order valence-electron chi connectivity index (χ4n) is 2.26. The fraction of sp³-hybridized carbons (Fsp3) is 0.533. The monoisotopic (exact) mass is 298 g/mol. The van der Waals surface area contributed by atoms with Gasteiger partial charge >= 0.3 is 17.9 Å². The molecule has 0 radical (unpaired) electrons. The number of ether oxygens (including phenoxy) is 2. The first-order valence-corrected chi connectivity index (χ1v) is 6.65. The van der Waals surface area contributed by atoms with Crippen LogP contribution in [0.15, 0.2) is 25.3 Å². The van der Waals surface area contributed by atoms with Crippen LogP contribution >= 0.6 is 0 Å². The van der Waals surface area contributed by atoms with Gasteiger partial charge in [0.05, 0.1) is 0 Å². The molecule has 1 N–H and O–H groups in total. The van der Waals surface area contributed by atoms with Gasteiger partial charge in [-0.15, -0.1) is 0 Å². The summed E-state index contributed by atoms with van der Waals surface area (Å²) in [4.78, 5) is 34.5. The third-order valence-electron chi connectivity index (χ3n) is 3.43. The first-order chi connectivity index (χ1) is 9.75. The first-order valence-electron chi connectivity index (χ1n) is 6.65. The van der Waals surface area contributed by atoms with E-state index >= 15 is 0 Å². The zero-order valence-electron chi connectivity index (χ0n) is 12.6. The first kappa shape index (κ1) is 18.9. The third-order valence-corrected chi connectivity index (χ3v) is 3.43. The maximum absolute atomic E-state index is 11.8. The second-order valence-electron chi connectivity index (χ2n) is 4.66. The van der Waals surface area contributed by atoms with Crippen LogP contribution in [0.5, 0.6) is 0 Å². The van der Waals surface area contributed by atoms with Gasteiger partial charge in [-0.25, -0.2) is 9.59 Å². The van der Waals surface area contributed by atoms with E-state index in [4.69, 9.17) is 9.47 Å². The van der Waals surface area contributed by atoms with E-state index in [0.29, 0.717) is 6.42 Å². The second kappa shape index (κ2) is 8.24. The smallest absolute Gasteiger partial charge is 0.330 e. The van der Waals surface area contributed by atoms with Gasteiger partial charge in [0, 0.05) is 12.2 Å². The van der Waals surface area contributed by atoms with Gasteiger partial charge in [0.2, 0.25) is 0 Å². The van der Waals surface area contributed by atoms with Crippen LogP contribution in [0.3, 0.4) is 0 Å². The summed E-state index contributed by atoms with van der Waals surface area (Å²) in [7, 11) is 0. The Hall–Kier alpha value is -2.11. The largest absolute Gasteiger partial charge is 0.481 e. The average molecular weight is 298 g/mol. The van der Waals surface area contributed by atoms with Crippen LogP contribution < -0.4 is 0 Å². The predicted molar refractivity (Wildman–Crippen MR) is 76.5 cm³/mol. The molecule has 0 aliphatic carbocycles. The van der Waals surface area contributed by atoms with Crippen LogP contribution in [0.2, 0.25) is 0 Å². The molecule has 0 rings (SSSR count). The zero-order valence-corrected chi connectivity index (χ0v) is 12.6. The van der Waals surface area contributed by atoms with E-state index in [1.54, 1.807) is 6.92 Å². The second-order valence-corrected chi connectivity index (χ2v) is 4.66. The van der Waals surface area contributed by atoms with Crippen molar-refractivity contribution in [2.75, 3.05) is 0 Å². The number of carboxylic acid groups (broad SMARTS) is 1. The fourth-order valence-corrected chi connectivity index (χ4v) is 2.26. The minimum absolute atomic E-state index is 0.180. The molecule has 0 saturated heterocycles. The Bertz CT molecular complexity index is 398. The van der Waals surface area contributed by atoms with E-state index < -0.39 is 35.5 Å². The highest BCUT2D eigenvalue weighted by atomic mass is 16.6. The lowest BCUT2D eigenvalue weighted by atomic mass is 9.74. The Morgan fingerprint density at radius 2 is 1.48 bits per heavy atom. The van der Waals surface area contributed by atoms with Gasteiger partial charge < -0.3 is 14.6 Å². The minimum Gasteiger partial charge on any atom is -0.481 e. The third kappa shape index (κ3) is 4.44. The summed E-state index contributed by atoms with van der Waals surface area (Å²) in [5, 5.41) is 9.63. The highest BCUT2D eigenvalue weighted by molar-refractivity contribution is 5.84. The molecule has 0 fully saturated rings. The lowest BCUT2D eigenvalue weighted by molar-refractivity contribution is -0.183. The summed E-state index contributed by atoms with van der Waals surface area (Å²) in [6, 6.07) is 0. The maximum atomic E-state index is 11.8. The molecule has 0 bridgehead atoms. The molecule has 2 atom stereocenters. The van der Waals surface area contributed by atoms with Crippen molar-refractivity contribution in [2.24, 2.45) is 5.41 Å². The van der Waals surface area contributed by atoms with Crippen molar-refractivity contribution in [1.82, 2.24) is 0 Å². The Kier molecular flexibility index (Phi) is 7.41. The summed E-state index contributed by atoms with van der Waals surface area (Å²) in [6.45, 7) is 11.3. The average Bonchev–Trinajstić information content (AvgIpc) is 2.43. The Balaban J connectivity index is 5.56. The number of carbonyl (C=O) groups excluding carboxylic acids is 2. The van der Waals surface area contributed by atoms with Gasteiger partial charge in [0.1, 0.15) is 17.6 Å².